The van der Waals surface area contributed by atoms with E-state index in [1.807, 2.05) is 0 Å². The van der Waals surface area contributed by atoms with Crippen molar-refractivity contribution in [1.82, 2.24) is 20.9 Å². The largest absolute Gasteiger partial charge is 0.457 e. The quantitative estimate of drug-likeness (QED) is 0.379. The molecule has 2 unspecified atom stereocenters. The Labute approximate surface area is 232 Å². The number of nitrogens with one attached hydrogen (secondary N) is 3. The minimum atomic E-state index is -4.56. The summed E-state index contributed by atoms with van der Waals surface area (Å²) in [6.07, 6.45) is -1.06. The fourth-order valence-corrected chi connectivity index (χ4v) is 6.62. The summed E-state index contributed by atoms with van der Waals surface area (Å²) in [5.41, 5.74) is 1.66. The second-order valence-corrected chi connectivity index (χ2v) is 11.1. The van der Waals surface area contributed by atoms with Gasteiger partial charge in [0.15, 0.2) is 0 Å². The number of carbonyl (C=O) groups excluding carboxylic acids is 2. The van der Waals surface area contributed by atoms with Gasteiger partial charge in [0.2, 0.25) is 5.91 Å². The molecule has 1 aromatic heterocycles. The van der Waals surface area contributed by atoms with E-state index in [0.717, 1.165) is 31.0 Å². The van der Waals surface area contributed by atoms with E-state index in [2.05, 4.69) is 20.9 Å². The zero-order valence-corrected chi connectivity index (χ0v) is 22.2. The lowest BCUT2D eigenvalue weighted by molar-refractivity contribution is -0.138. The van der Waals surface area contributed by atoms with Crippen molar-refractivity contribution >= 4 is 35.1 Å². The van der Waals surface area contributed by atoms with Crippen molar-refractivity contribution in [1.29, 1.82) is 0 Å². The maximum absolute atomic E-state index is 13.5. The van der Waals surface area contributed by atoms with Gasteiger partial charge in [-0.15, -0.1) is 0 Å². The number of rotatable bonds is 5. The molecule has 3 N–H and O–H groups in total. The van der Waals surface area contributed by atoms with Gasteiger partial charge in [-0.3, -0.25) is 9.69 Å². The summed E-state index contributed by atoms with van der Waals surface area (Å²) in [5.74, 6) is -0.242. The summed E-state index contributed by atoms with van der Waals surface area (Å²) >= 11 is 1.33. The van der Waals surface area contributed by atoms with E-state index in [-0.39, 0.29) is 23.4 Å². The summed E-state index contributed by atoms with van der Waals surface area (Å²) in [6.45, 7) is 3.40. The summed E-state index contributed by atoms with van der Waals surface area (Å²) in [5, 5.41) is 9.51. The molecule has 0 bridgehead atoms. The van der Waals surface area contributed by atoms with Crippen LogP contribution in [0.2, 0.25) is 0 Å². The van der Waals surface area contributed by atoms with E-state index in [4.69, 9.17) is 4.74 Å². The average molecular weight is 570 g/mol. The smallest absolute Gasteiger partial charge is 0.419 e. The van der Waals surface area contributed by atoms with E-state index in [1.54, 1.807) is 31.3 Å². The van der Waals surface area contributed by atoms with Crippen LogP contribution in [0.1, 0.15) is 35.6 Å². The van der Waals surface area contributed by atoms with Crippen molar-refractivity contribution in [3.63, 3.8) is 0 Å². The number of nitrogens with zero attached hydrogens (tertiary/aromatic N) is 2. The maximum atomic E-state index is 13.5. The van der Waals surface area contributed by atoms with Gasteiger partial charge in [0.1, 0.15) is 21.8 Å². The SMILES string of the molecule is Cc1cc(Oc2ccccc2C(F)(F)F)ccc1N1C(=O)NC2c3c1ccnc3S[C@H]2C(=O)NC1CCCNC1. The lowest BCUT2D eigenvalue weighted by atomic mass is 9.99. The number of thioether (sulfide) groups is 1. The van der Waals surface area contributed by atoms with Crippen LogP contribution < -0.4 is 25.6 Å². The van der Waals surface area contributed by atoms with Crippen LogP contribution in [0, 0.1) is 6.92 Å². The number of urea groups is 1. The van der Waals surface area contributed by atoms with Gasteiger partial charge in [-0.05, 0) is 68.3 Å². The number of para-hydroxylation sites is 1. The van der Waals surface area contributed by atoms with Crippen LogP contribution in [-0.2, 0) is 11.0 Å². The Balaban J connectivity index is 1.27. The molecule has 0 aliphatic carbocycles. The minimum Gasteiger partial charge on any atom is -0.457 e. The molecular formula is C28H26F3N5O3S. The molecule has 1 fully saturated rings. The fraction of sp³-hybridized carbons (Fsp3) is 0.321. The summed E-state index contributed by atoms with van der Waals surface area (Å²) in [4.78, 5) is 32.7. The maximum Gasteiger partial charge on any atom is 0.419 e. The molecule has 12 heteroatoms. The summed E-state index contributed by atoms with van der Waals surface area (Å²) in [7, 11) is 0. The molecule has 1 saturated heterocycles. The molecule has 4 heterocycles. The number of alkyl halides is 3. The Morgan fingerprint density at radius 2 is 2.00 bits per heavy atom. The third-order valence-electron chi connectivity index (χ3n) is 7.24. The second kappa shape index (κ2) is 10.3. The van der Waals surface area contributed by atoms with Crippen LogP contribution in [0.3, 0.4) is 0 Å². The highest BCUT2D eigenvalue weighted by molar-refractivity contribution is 8.01. The van der Waals surface area contributed by atoms with Crippen molar-refractivity contribution in [2.75, 3.05) is 18.0 Å². The number of piperidine rings is 1. The number of halogens is 3. The van der Waals surface area contributed by atoms with Gasteiger partial charge in [0, 0.05) is 24.3 Å². The third-order valence-corrected chi connectivity index (χ3v) is 8.53. The fourth-order valence-electron chi connectivity index (χ4n) is 5.38. The Morgan fingerprint density at radius 1 is 1.18 bits per heavy atom. The molecule has 3 amide bonds. The Bertz CT molecular complexity index is 1480. The predicted molar refractivity (Wildman–Crippen MR) is 144 cm³/mol. The van der Waals surface area contributed by atoms with Gasteiger partial charge in [-0.2, -0.15) is 13.2 Å². The lowest BCUT2D eigenvalue weighted by Gasteiger charge is -2.35. The number of ether oxygens (including phenoxy) is 1. The van der Waals surface area contributed by atoms with Crippen molar-refractivity contribution in [2.24, 2.45) is 0 Å². The number of hydrogen-bond donors (Lipinski definition) is 3. The Hall–Kier alpha value is -3.77. The number of hydrogen-bond acceptors (Lipinski definition) is 6. The van der Waals surface area contributed by atoms with Crippen molar-refractivity contribution < 1.29 is 27.5 Å². The zero-order valence-electron chi connectivity index (χ0n) is 21.4. The van der Waals surface area contributed by atoms with Crippen LogP contribution in [-0.4, -0.2) is 41.3 Å². The average Bonchev–Trinajstić information content (AvgIpc) is 3.29. The first kappa shape index (κ1) is 26.5. The topological polar surface area (TPSA) is 95.6 Å². The lowest BCUT2D eigenvalue weighted by Crippen LogP contribution is -2.52. The van der Waals surface area contributed by atoms with Gasteiger partial charge < -0.3 is 20.7 Å². The van der Waals surface area contributed by atoms with E-state index >= 15 is 0 Å². The van der Waals surface area contributed by atoms with Crippen molar-refractivity contribution in [2.45, 2.75) is 48.3 Å². The first-order valence-electron chi connectivity index (χ1n) is 12.9. The van der Waals surface area contributed by atoms with E-state index < -0.39 is 29.1 Å². The Morgan fingerprint density at radius 3 is 2.75 bits per heavy atom. The molecule has 0 radical (unpaired) electrons. The summed E-state index contributed by atoms with van der Waals surface area (Å²) < 4.78 is 45.9. The van der Waals surface area contributed by atoms with E-state index in [9.17, 15) is 22.8 Å². The molecule has 3 aliphatic heterocycles. The van der Waals surface area contributed by atoms with Gasteiger partial charge >= 0.3 is 12.2 Å². The molecule has 6 rings (SSSR count). The number of amides is 3. The van der Waals surface area contributed by atoms with E-state index in [0.29, 0.717) is 28.5 Å². The summed E-state index contributed by atoms with van der Waals surface area (Å²) in [6, 6.07) is 10.6. The van der Waals surface area contributed by atoms with Crippen LogP contribution in [0.15, 0.2) is 59.8 Å². The molecule has 2 aromatic carbocycles. The van der Waals surface area contributed by atoms with Gasteiger partial charge in [-0.25, -0.2) is 9.78 Å². The van der Waals surface area contributed by atoms with Gasteiger partial charge in [0.25, 0.3) is 0 Å². The van der Waals surface area contributed by atoms with Crippen LogP contribution in [0.5, 0.6) is 11.5 Å². The van der Waals surface area contributed by atoms with E-state index in [1.165, 1.54) is 40.9 Å². The number of pyridine rings is 1. The predicted octanol–water partition coefficient (Wildman–Crippen LogP) is 5.45. The van der Waals surface area contributed by atoms with Crippen LogP contribution in [0.4, 0.5) is 29.3 Å². The molecule has 3 atom stereocenters. The molecule has 8 nitrogen and oxygen atoms in total. The molecule has 208 valence electrons. The normalized spacial score (nSPS) is 21.9. The molecule has 0 saturated carbocycles. The highest BCUT2D eigenvalue weighted by Gasteiger charge is 2.47. The number of aryl methyl sites for hydroxylation is 1. The number of benzene rings is 2. The first-order valence-corrected chi connectivity index (χ1v) is 13.8. The first-order chi connectivity index (χ1) is 19.2. The Kier molecular flexibility index (Phi) is 6.83. The third kappa shape index (κ3) is 4.86. The number of carbonyl (C=O) groups is 2. The van der Waals surface area contributed by atoms with Gasteiger partial charge in [0.05, 0.1) is 23.0 Å². The number of aromatic nitrogens is 1. The monoisotopic (exact) mass is 569 g/mol. The van der Waals surface area contributed by atoms with Crippen LogP contribution in [0.25, 0.3) is 0 Å². The zero-order chi connectivity index (χ0) is 28.0. The minimum absolute atomic E-state index is 0.0419. The second-order valence-electron chi connectivity index (χ2n) is 9.95. The molecule has 3 aromatic rings. The van der Waals surface area contributed by atoms with Crippen molar-refractivity contribution in [3.05, 3.63) is 71.4 Å². The molecular weight excluding hydrogens is 543 g/mol. The number of anilines is 2. The molecule has 40 heavy (non-hydrogen) atoms. The standard InChI is InChI=1S/C28H26F3N5O3S/c1-15-13-17(39-21-7-3-2-6-18(21)28(29,30)31)8-9-19(15)36-20-10-12-33-26-22(20)23(35-27(36)38)24(40-26)25(37)34-16-5-4-11-32-14-16/h2-3,6-10,12-13,16,23-24,32H,4-5,11,14H2,1H3,(H,34,37)(H,35,38)/t16?,23?,24-/m1/s1. The highest BCUT2D eigenvalue weighted by Crippen LogP contribution is 2.51. The van der Waals surface area contributed by atoms with Crippen LogP contribution >= 0.6 is 11.8 Å². The van der Waals surface area contributed by atoms with Gasteiger partial charge in [-0.1, -0.05) is 23.9 Å². The molecule has 3 aliphatic rings. The molecule has 0 spiro atoms. The highest BCUT2D eigenvalue weighted by atomic mass is 32.2. The van der Waals surface area contributed by atoms with Crippen molar-refractivity contribution in [3.8, 4) is 11.5 Å².